The summed E-state index contributed by atoms with van der Waals surface area (Å²) in [7, 11) is 0. The van der Waals surface area contributed by atoms with Crippen LogP contribution in [0.2, 0.25) is 0 Å². The Morgan fingerprint density at radius 3 is 2.07 bits per heavy atom. The fraction of sp³-hybridized carbons (Fsp3) is 0.923. The van der Waals surface area contributed by atoms with Gasteiger partial charge in [0.15, 0.2) is 5.12 Å². The molecule has 0 unspecified atom stereocenters. The normalized spacial score (nSPS) is 34.5. The molecule has 0 N–H and O–H groups in total. The number of rotatable bonds is 18. The molecule has 0 bridgehead atoms. The van der Waals surface area contributed by atoms with Crippen molar-refractivity contribution in [2.45, 2.75) is 193 Å². The van der Waals surface area contributed by atoms with E-state index >= 15 is 0 Å². The highest BCUT2D eigenvalue weighted by Gasteiger charge is 2.58. The Kier molecular flexibility index (Phi) is 13.7. The first-order valence-electron chi connectivity index (χ1n) is 18.8. The zero-order valence-electron chi connectivity index (χ0n) is 28.0. The Labute approximate surface area is 260 Å². The van der Waals surface area contributed by atoms with Gasteiger partial charge in [0.2, 0.25) is 0 Å². The van der Waals surface area contributed by atoms with Crippen LogP contribution in [-0.4, -0.2) is 10.4 Å². The summed E-state index contributed by atoms with van der Waals surface area (Å²) in [5.74, 6) is 3.78. The fourth-order valence-corrected chi connectivity index (χ4v) is 11.4. The largest absolute Gasteiger partial charge is 0.287 e. The molecule has 7 atom stereocenters. The highest BCUT2D eigenvalue weighted by atomic mass is 32.2. The molecule has 0 spiro atoms. The Morgan fingerprint density at radius 1 is 0.756 bits per heavy atom. The summed E-state index contributed by atoms with van der Waals surface area (Å²) in [5, 5.41) is 1.02. The van der Waals surface area contributed by atoms with Crippen LogP contribution in [-0.2, 0) is 4.79 Å². The molecular weight excluding hydrogens is 516 g/mol. The summed E-state index contributed by atoms with van der Waals surface area (Å²) >= 11 is 1.73. The maximum atomic E-state index is 12.9. The lowest BCUT2D eigenvalue weighted by molar-refractivity contribution is -0.111. The first-order chi connectivity index (χ1) is 19.9. The molecule has 41 heavy (non-hydrogen) atoms. The summed E-state index contributed by atoms with van der Waals surface area (Å²) in [4.78, 5) is 12.9. The van der Waals surface area contributed by atoms with Crippen molar-refractivity contribution < 1.29 is 4.79 Å². The third-order valence-corrected chi connectivity index (χ3v) is 14.1. The minimum atomic E-state index is 0.416. The lowest BCUT2D eigenvalue weighted by Gasteiger charge is -2.58. The van der Waals surface area contributed by atoms with E-state index < -0.39 is 0 Å². The van der Waals surface area contributed by atoms with Crippen molar-refractivity contribution in [2.24, 2.45) is 34.5 Å². The number of fused-ring (bicyclic) bond motifs is 5. The molecule has 236 valence electrons. The summed E-state index contributed by atoms with van der Waals surface area (Å²) in [6.07, 6.45) is 36.7. The standard InChI is InChI=1S/C39H68OS/c1-5-7-9-11-13-14-15-17-19-21-37(40)41-33-26-28-39(4)32(30-33)22-24-34-35-25-23-31(20-18-16-12-10-8-6-2)38(35,3)29-27-36(34)39/h22,31,33-36H,5-21,23-30H2,1-4H3/t31-,33-,34-,35-,36-,38+,39-/m0/s1. The van der Waals surface area contributed by atoms with E-state index in [1.165, 1.54) is 148 Å². The van der Waals surface area contributed by atoms with Crippen molar-refractivity contribution in [3.8, 4) is 0 Å². The van der Waals surface area contributed by atoms with Crippen molar-refractivity contribution in [2.75, 3.05) is 0 Å². The highest BCUT2D eigenvalue weighted by molar-refractivity contribution is 8.14. The lowest BCUT2D eigenvalue weighted by atomic mass is 9.47. The number of thioether (sulfide) groups is 1. The first kappa shape index (κ1) is 33.6. The average Bonchev–Trinajstić information content (AvgIpc) is 3.30. The highest BCUT2D eigenvalue weighted by Crippen LogP contribution is 2.67. The van der Waals surface area contributed by atoms with Gasteiger partial charge >= 0.3 is 0 Å². The first-order valence-corrected chi connectivity index (χ1v) is 19.7. The number of hydrogen-bond acceptors (Lipinski definition) is 2. The van der Waals surface area contributed by atoms with Crippen LogP contribution in [0.25, 0.3) is 0 Å². The molecule has 4 rings (SSSR count). The molecule has 3 saturated carbocycles. The summed E-state index contributed by atoms with van der Waals surface area (Å²) in [6, 6.07) is 0. The maximum Gasteiger partial charge on any atom is 0.189 e. The minimum Gasteiger partial charge on any atom is -0.287 e. The van der Waals surface area contributed by atoms with Gasteiger partial charge in [0, 0.05) is 11.7 Å². The fourth-order valence-electron chi connectivity index (χ4n) is 10.3. The molecule has 1 nitrogen and oxygen atoms in total. The zero-order valence-corrected chi connectivity index (χ0v) is 28.8. The molecule has 0 aromatic carbocycles. The molecule has 0 amide bonds. The average molecular weight is 585 g/mol. The molecule has 0 heterocycles. The summed E-state index contributed by atoms with van der Waals surface area (Å²) < 4.78 is 0. The van der Waals surface area contributed by atoms with Gasteiger partial charge in [-0.15, -0.1) is 0 Å². The van der Waals surface area contributed by atoms with E-state index in [0.717, 1.165) is 36.5 Å². The van der Waals surface area contributed by atoms with E-state index in [2.05, 4.69) is 33.8 Å². The Bertz CT molecular complexity index is 816. The Balaban J connectivity index is 1.20. The second kappa shape index (κ2) is 16.7. The predicted molar refractivity (Wildman–Crippen MR) is 181 cm³/mol. The van der Waals surface area contributed by atoms with Gasteiger partial charge in [-0.05, 0) is 98.7 Å². The summed E-state index contributed by atoms with van der Waals surface area (Å²) in [5.41, 5.74) is 2.78. The van der Waals surface area contributed by atoms with Crippen LogP contribution in [0.15, 0.2) is 11.6 Å². The molecule has 4 aliphatic rings. The van der Waals surface area contributed by atoms with Gasteiger partial charge in [-0.1, -0.05) is 141 Å². The third-order valence-electron chi connectivity index (χ3n) is 12.9. The molecule has 0 aromatic rings. The second-order valence-corrected chi connectivity index (χ2v) is 16.9. The lowest BCUT2D eigenvalue weighted by Crippen LogP contribution is -2.50. The Hall–Kier alpha value is -0.240. The number of carbonyl (C=O) groups excluding carboxylic acids is 1. The number of carbonyl (C=O) groups is 1. The second-order valence-electron chi connectivity index (χ2n) is 15.6. The molecule has 0 saturated heterocycles. The monoisotopic (exact) mass is 584 g/mol. The van der Waals surface area contributed by atoms with Crippen molar-refractivity contribution in [1.82, 2.24) is 0 Å². The number of unbranched alkanes of at least 4 members (excludes halogenated alkanes) is 13. The number of hydrogen-bond donors (Lipinski definition) is 0. The summed E-state index contributed by atoms with van der Waals surface area (Å²) in [6.45, 7) is 9.98. The smallest absolute Gasteiger partial charge is 0.189 e. The van der Waals surface area contributed by atoms with E-state index in [4.69, 9.17) is 0 Å². The van der Waals surface area contributed by atoms with Gasteiger partial charge in [-0.3, -0.25) is 4.79 Å². The van der Waals surface area contributed by atoms with Gasteiger partial charge in [0.05, 0.1) is 0 Å². The third kappa shape index (κ3) is 8.69. The zero-order chi connectivity index (χ0) is 29.1. The SMILES string of the molecule is CCCCCCCCCCCC(=O)S[C@H]1CC[C@@]2(C)C(=CC[C@H]3[C@@H]4CC[C@H](CCCCCCCC)[C@@]4(C)CC[C@@H]32)C1. The topological polar surface area (TPSA) is 17.1 Å². The molecule has 0 radical (unpaired) electrons. The van der Waals surface area contributed by atoms with E-state index in [-0.39, 0.29) is 0 Å². The van der Waals surface area contributed by atoms with Crippen LogP contribution in [0.4, 0.5) is 0 Å². The van der Waals surface area contributed by atoms with Crippen LogP contribution in [0, 0.1) is 34.5 Å². The van der Waals surface area contributed by atoms with Crippen molar-refractivity contribution >= 4 is 16.9 Å². The molecule has 4 aliphatic carbocycles. The molecule has 2 heteroatoms. The van der Waals surface area contributed by atoms with Gasteiger partial charge in [0.25, 0.3) is 0 Å². The van der Waals surface area contributed by atoms with E-state index in [1.807, 2.05) is 0 Å². The van der Waals surface area contributed by atoms with Gasteiger partial charge in [-0.25, -0.2) is 0 Å². The van der Waals surface area contributed by atoms with Crippen molar-refractivity contribution in [3.63, 3.8) is 0 Å². The van der Waals surface area contributed by atoms with Gasteiger partial charge in [0.1, 0.15) is 0 Å². The van der Waals surface area contributed by atoms with E-state index in [9.17, 15) is 4.79 Å². The van der Waals surface area contributed by atoms with Crippen molar-refractivity contribution in [3.05, 3.63) is 11.6 Å². The van der Waals surface area contributed by atoms with Crippen LogP contribution in [0.5, 0.6) is 0 Å². The molecule has 3 fully saturated rings. The maximum absolute atomic E-state index is 12.9. The van der Waals surface area contributed by atoms with Crippen LogP contribution in [0.3, 0.4) is 0 Å². The molecular formula is C39H68OS. The van der Waals surface area contributed by atoms with E-state index in [1.54, 1.807) is 17.3 Å². The van der Waals surface area contributed by atoms with Crippen LogP contribution < -0.4 is 0 Å². The quantitative estimate of drug-likeness (QED) is 0.118. The van der Waals surface area contributed by atoms with Gasteiger partial charge < -0.3 is 0 Å². The molecule has 0 aliphatic heterocycles. The minimum absolute atomic E-state index is 0.416. The van der Waals surface area contributed by atoms with Crippen LogP contribution >= 0.6 is 11.8 Å². The van der Waals surface area contributed by atoms with Gasteiger partial charge in [-0.2, -0.15) is 0 Å². The number of allylic oxidation sites excluding steroid dienone is 2. The van der Waals surface area contributed by atoms with E-state index in [0.29, 0.717) is 21.2 Å². The van der Waals surface area contributed by atoms with Crippen LogP contribution in [0.1, 0.15) is 188 Å². The Morgan fingerprint density at radius 2 is 1.39 bits per heavy atom. The van der Waals surface area contributed by atoms with Crippen molar-refractivity contribution in [1.29, 1.82) is 0 Å². The molecule has 0 aromatic heterocycles. The predicted octanol–water partition coefficient (Wildman–Crippen LogP) is 12.9.